The Balaban J connectivity index is 2.34. The fourth-order valence-corrected chi connectivity index (χ4v) is 1.99. The van der Waals surface area contributed by atoms with Crippen molar-refractivity contribution >= 4 is 27.5 Å². The van der Waals surface area contributed by atoms with Crippen LogP contribution in [-0.2, 0) is 0 Å². The summed E-state index contributed by atoms with van der Waals surface area (Å²) < 4.78 is 0.767. The Kier molecular flexibility index (Phi) is 3.62. The number of hydrogen-bond acceptors (Lipinski definition) is 2. The first-order chi connectivity index (χ1) is 8.59. The number of anilines is 1. The number of amides is 1. The second-order valence-electron chi connectivity index (χ2n) is 3.80. The van der Waals surface area contributed by atoms with Crippen LogP contribution in [0.1, 0.15) is 15.9 Å². The van der Waals surface area contributed by atoms with Gasteiger partial charge < -0.3 is 10.3 Å². The molecule has 0 aliphatic rings. The number of aryl methyl sites for hydroxylation is 1. The summed E-state index contributed by atoms with van der Waals surface area (Å²) in [7, 11) is 0. The van der Waals surface area contributed by atoms with Crippen molar-refractivity contribution in [2.75, 3.05) is 5.32 Å². The minimum absolute atomic E-state index is 0.133. The molecule has 0 saturated heterocycles. The third-order valence-corrected chi connectivity index (χ3v) is 3.21. The molecule has 92 valence electrons. The maximum atomic E-state index is 12.1. The molecule has 1 aromatic carbocycles. The monoisotopic (exact) mass is 306 g/mol. The predicted octanol–water partition coefficient (Wildman–Crippen LogP) is 2.70. The van der Waals surface area contributed by atoms with Gasteiger partial charge in [0.2, 0.25) is 0 Å². The van der Waals surface area contributed by atoms with Crippen LogP contribution in [0.2, 0.25) is 0 Å². The molecule has 18 heavy (non-hydrogen) atoms. The number of carbonyl (C=O) groups excluding carboxylic acids is 1. The topological polar surface area (TPSA) is 62.0 Å². The van der Waals surface area contributed by atoms with Crippen LogP contribution in [-0.4, -0.2) is 10.9 Å². The molecule has 0 unspecified atom stereocenters. The van der Waals surface area contributed by atoms with E-state index >= 15 is 0 Å². The minimum atomic E-state index is -0.416. The number of para-hydroxylation sites is 1. The van der Waals surface area contributed by atoms with Gasteiger partial charge in [-0.1, -0.05) is 12.1 Å². The van der Waals surface area contributed by atoms with E-state index in [9.17, 15) is 9.59 Å². The normalized spacial score (nSPS) is 10.1. The van der Waals surface area contributed by atoms with E-state index in [4.69, 9.17) is 0 Å². The van der Waals surface area contributed by atoms with Crippen molar-refractivity contribution in [1.82, 2.24) is 4.98 Å². The molecule has 2 aromatic rings. The van der Waals surface area contributed by atoms with E-state index in [1.807, 2.05) is 18.2 Å². The van der Waals surface area contributed by atoms with Crippen molar-refractivity contribution in [2.24, 2.45) is 0 Å². The SMILES string of the molecule is Cc1cc[nH]c(=O)c1C(=O)Nc1ccccc1Br. The molecule has 4 nitrogen and oxygen atoms in total. The number of halogens is 1. The second kappa shape index (κ2) is 5.18. The average molecular weight is 307 g/mol. The van der Waals surface area contributed by atoms with Gasteiger partial charge in [-0.05, 0) is 46.6 Å². The van der Waals surface area contributed by atoms with Crippen LogP contribution in [0.25, 0.3) is 0 Å². The van der Waals surface area contributed by atoms with Crippen molar-refractivity contribution in [3.8, 4) is 0 Å². The molecule has 2 N–H and O–H groups in total. The zero-order chi connectivity index (χ0) is 13.1. The van der Waals surface area contributed by atoms with Gasteiger partial charge in [0.05, 0.1) is 5.69 Å². The Labute approximate surface area is 112 Å². The first-order valence-electron chi connectivity index (χ1n) is 5.34. The van der Waals surface area contributed by atoms with Crippen molar-refractivity contribution in [3.05, 3.63) is 62.5 Å². The summed E-state index contributed by atoms with van der Waals surface area (Å²) in [5.41, 5.74) is 1.02. The highest BCUT2D eigenvalue weighted by Crippen LogP contribution is 2.21. The molecule has 1 heterocycles. The van der Waals surface area contributed by atoms with Crippen LogP contribution in [0.3, 0.4) is 0 Å². The molecule has 1 aromatic heterocycles. The largest absolute Gasteiger partial charge is 0.328 e. The summed E-state index contributed by atoms with van der Waals surface area (Å²) in [5.74, 6) is -0.416. The average Bonchev–Trinajstić information content (AvgIpc) is 2.32. The molecule has 0 atom stereocenters. The third kappa shape index (κ3) is 2.51. The number of aromatic nitrogens is 1. The van der Waals surface area contributed by atoms with E-state index < -0.39 is 5.91 Å². The Morgan fingerprint density at radius 2 is 2.00 bits per heavy atom. The number of carbonyl (C=O) groups is 1. The highest BCUT2D eigenvalue weighted by atomic mass is 79.9. The van der Waals surface area contributed by atoms with Gasteiger partial charge in [-0.2, -0.15) is 0 Å². The number of nitrogens with one attached hydrogen (secondary N) is 2. The van der Waals surface area contributed by atoms with E-state index in [-0.39, 0.29) is 11.1 Å². The first kappa shape index (κ1) is 12.6. The molecule has 0 bridgehead atoms. The van der Waals surface area contributed by atoms with Gasteiger partial charge in [0.1, 0.15) is 5.56 Å². The van der Waals surface area contributed by atoms with Crippen molar-refractivity contribution in [1.29, 1.82) is 0 Å². The van der Waals surface area contributed by atoms with Crippen molar-refractivity contribution in [3.63, 3.8) is 0 Å². The van der Waals surface area contributed by atoms with Gasteiger partial charge in [-0.25, -0.2) is 0 Å². The van der Waals surface area contributed by atoms with Crippen LogP contribution < -0.4 is 10.9 Å². The van der Waals surface area contributed by atoms with Gasteiger partial charge in [0.25, 0.3) is 11.5 Å². The number of hydrogen-bond donors (Lipinski definition) is 2. The standard InChI is InChI=1S/C13H11BrN2O2/c1-8-6-7-15-12(17)11(8)13(18)16-10-5-3-2-4-9(10)14/h2-7H,1H3,(H,15,17)(H,16,18). The molecule has 0 fully saturated rings. The molecular formula is C13H11BrN2O2. The molecule has 0 saturated carbocycles. The smallest absolute Gasteiger partial charge is 0.261 e. The van der Waals surface area contributed by atoms with Gasteiger partial charge in [-0.3, -0.25) is 9.59 Å². The second-order valence-corrected chi connectivity index (χ2v) is 4.65. The van der Waals surface area contributed by atoms with Crippen molar-refractivity contribution < 1.29 is 4.79 Å². The number of H-pyrrole nitrogens is 1. The molecular weight excluding hydrogens is 296 g/mol. The summed E-state index contributed by atoms with van der Waals surface area (Å²) >= 11 is 3.33. The molecule has 1 amide bonds. The minimum Gasteiger partial charge on any atom is -0.328 e. The maximum Gasteiger partial charge on any atom is 0.261 e. The quantitative estimate of drug-likeness (QED) is 0.896. The van der Waals surface area contributed by atoms with E-state index in [2.05, 4.69) is 26.2 Å². The highest BCUT2D eigenvalue weighted by molar-refractivity contribution is 9.10. The first-order valence-corrected chi connectivity index (χ1v) is 6.13. The van der Waals surface area contributed by atoms with Crippen LogP contribution in [0.4, 0.5) is 5.69 Å². The van der Waals surface area contributed by atoms with Crippen LogP contribution in [0, 0.1) is 6.92 Å². The molecule has 2 rings (SSSR count). The third-order valence-electron chi connectivity index (χ3n) is 2.52. The van der Waals surface area contributed by atoms with E-state index in [1.54, 1.807) is 19.1 Å². The number of rotatable bonds is 2. The van der Waals surface area contributed by atoms with Crippen molar-refractivity contribution in [2.45, 2.75) is 6.92 Å². The molecule has 0 aliphatic heterocycles. The molecule has 0 radical (unpaired) electrons. The Morgan fingerprint density at radius 3 is 2.67 bits per heavy atom. The van der Waals surface area contributed by atoms with Gasteiger partial charge >= 0.3 is 0 Å². The van der Waals surface area contributed by atoms with Gasteiger partial charge in [0.15, 0.2) is 0 Å². The predicted molar refractivity (Wildman–Crippen MR) is 73.9 cm³/mol. The highest BCUT2D eigenvalue weighted by Gasteiger charge is 2.14. The number of aromatic amines is 1. The zero-order valence-electron chi connectivity index (χ0n) is 9.66. The lowest BCUT2D eigenvalue weighted by atomic mass is 10.1. The Hall–Kier alpha value is -1.88. The lowest BCUT2D eigenvalue weighted by Crippen LogP contribution is -2.24. The Morgan fingerprint density at radius 1 is 1.28 bits per heavy atom. The lowest BCUT2D eigenvalue weighted by molar-refractivity contribution is 0.102. The summed E-state index contributed by atoms with van der Waals surface area (Å²) in [6, 6.07) is 8.92. The van der Waals surface area contributed by atoms with E-state index in [1.165, 1.54) is 6.20 Å². The Bertz CT molecular complexity index is 649. The van der Waals surface area contributed by atoms with Gasteiger partial charge in [0, 0.05) is 10.7 Å². The zero-order valence-corrected chi connectivity index (χ0v) is 11.2. The summed E-state index contributed by atoms with van der Waals surface area (Å²) in [4.78, 5) is 26.2. The molecule has 5 heteroatoms. The number of pyridine rings is 1. The summed E-state index contributed by atoms with van der Waals surface area (Å²) in [6.45, 7) is 1.73. The maximum absolute atomic E-state index is 12.1. The number of benzene rings is 1. The fraction of sp³-hybridized carbons (Fsp3) is 0.0769. The van der Waals surface area contributed by atoms with E-state index in [0.29, 0.717) is 11.3 Å². The summed E-state index contributed by atoms with van der Waals surface area (Å²) in [6.07, 6.45) is 1.52. The molecule has 0 spiro atoms. The van der Waals surface area contributed by atoms with Crippen LogP contribution in [0.15, 0.2) is 45.8 Å². The fourth-order valence-electron chi connectivity index (χ4n) is 1.61. The molecule has 0 aliphatic carbocycles. The van der Waals surface area contributed by atoms with E-state index in [0.717, 1.165) is 4.47 Å². The lowest BCUT2D eigenvalue weighted by Gasteiger charge is -2.08. The summed E-state index contributed by atoms with van der Waals surface area (Å²) in [5, 5.41) is 2.70. The van der Waals surface area contributed by atoms with Gasteiger partial charge in [-0.15, -0.1) is 0 Å². The van der Waals surface area contributed by atoms with Crippen LogP contribution in [0.5, 0.6) is 0 Å². The van der Waals surface area contributed by atoms with Crippen LogP contribution >= 0.6 is 15.9 Å².